The first-order valence-electron chi connectivity index (χ1n) is 8.78. The lowest BCUT2D eigenvalue weighted by Gasteiger charge is -2.21. The summed E-state index contributed by atoms with van der Waals surface area (Å²) in [4.78, 5) is 12.9. The van der Waals surface area contributed by atoms with Crippen molar-refractivity contribution in [2.24, 2.45) is 0 Å². The van der Waals surface area contributed by atoms with Crippen LogP contribution in [0.25, 0.3) is 11.3 Å². The first-order chi connectivity index (χ1) is 13.6. The number of hydrogen-bond acceptors (Lipinski definition) is 6. The lowest BCUT2D eigenvalue weighted by Crippen LogP contribution is -2.27. The van der Waals surface area contributed by atoms with Gasteiger partial charge in [0.15, 0.2) is 5.75 Å². The fourth-order valence-corrected chi connectivity index (χ4v) is 2.49. The van der Waals surface area contributed by atoms with Crippen molar-refractivity contribution in [3.05, 3.63) is 54.9 Å². The molecule has 3 rings (SSSR count). The maximum Gasteiger partial charge on any atom is 0.573 e. The molecule has 29 heavy (non-hydrogen) atoms. The van der Waals surface area contributed by atoms with Crippen LogP contribution in [0.2, 0.25) is 0 Å². The Bertz CT molecular complexity index is 972. The van der Waals surface area contributed by atoms with Crippen molar-refractivity contribution in [3.8, 4) is 17.0 Å². The van der Waals surface area contributed by atoms with Gasteiger partial charge in [-0.25, -0.2) is 4.98 Å². The molecular weight excluding hydrogens is 383 g/mol. The molecule has 2 N–H and O–H groups in total. The molecule has 1 aromatic carbocycles. The predicted molar refractivity (Wildman–Crippen MR) is 105 cm³/mol. The maximum atomic E-state index is 12.7. The van der Waals surface area contributed by atoms with E-state index in [1.165, 1.54) is 18.2 Å². The van der Waals surface area contributed by atoms with E-state index in [1.807, 2.05) is 20.8 Å². The van der Waals surface area contributed by atoms with E-state index >= 15 is 0 Å². The fraction of sp³-hybridized carbons (Fsp3) is 0.250. The number of ether oxygens (including phenoxy) is 1. The molecule has 0 aliphatic carbocycles. The quantitative estimate of drug-likeness (QED) is 0.595. The van der Waals surface area contributed by atoms with Crippen LogP contribution in [0.3, 0.4) is 0 Å². The summed E-state index contributed by atoms with van der Waals surface area (Å²) < 4.78 is 42.2. The molecule has 0 bridgehead atoms. The molecule has 0 atom stereocenters. The minimum Gasteiger partial charge on any atom is -0.404 e. The number of anilines is 3. The third-order valence-electron chi connectivity index (χ3n) is 3.56. The molecule has 3 aromatic rings. The van der Waals surface area contributed by atoms with Crippen LogP contribution in [0, 0.1) is 0 Å². The van der Waals surface area contributed by atoms with E-state index in [4.69, 9.17) is 0 Å². The van der Waals surface area contributed by atoms with E-state index < -0.39 is 6.36 Å². The Balaban J connectivity index is 2.00. The molecule has 0 fully saturated rings. The Morgan fingerprint density at radius 2 is 1.62 bits per heavy atom. The zero-order valence-corrected chi connectivity index (χ0v) is 16.1. The number of nitrogens with one attached hydrogen (secondary N) is 2. The summed E-state index contributed by atoms with van der Waals surface area (Å²) in [6.45, 7) is 5.86. The molecule has 0 saturated carbocycles. The SMILES string of the molecule is CC(C)(C)Nc1nc(Nc2ccccc2OC(F)(F)F)cc(-c2ccncc2)n1. The zero-order valence-electron chi connectivity index (χ0n) is 16.1. The van der Waals surface area contributed by atoms with Crippen LogP contribution in [-0.4, -0.2) is 26.9 Å². The number of pyridine rings is 1. The second kappa shape index (κ2) is 7.94. The molecular formula is C20H20F3N5O. The van der Waals surface area contributed by atoms with Crippen LogP contribution in [0.4, 0.5) is 30.6 Å². The summed E-state index contributed by atoms with van der Waals surface area (Å²) in [6, 6.07) is 11.0. The van der Waals surface area contributed by atoms with Crippen molar-refractivity contribution in [3.63, 3.8) is 0 Å². The summed E-state index contributed by atoms with van der Waals surface area (Å²) in [5.74, 6) is 0.301. The van der Waals surface area contributed by atoms with Crippen molar-refractivity contribution >= 4 is 17.5 Å². The van der Waals surface area contributed by atoms with E-state index in [1.54, 1.807) is 36.7 Å². The summed E-state index contributed by atoms with van der Waals surface area (Å²) in [7, 11) is 0. The van der Waals surface area contributed by atoms with Gasteiger partial charge in [0.25, 0.3) is 0 Å². The van der Waals surface area contributed by atoms with E-state index in [-0.39, 0.29) is 17.0 Å². The molecule has 0 saturated heterocycles. The number of nitrogens with zero attached hydrogens (tertiary/aromatic N) is 3. The van der Waals surface area contributed by atoms with Gasteiger partial charge >= 0.3 is 6.36 Å². The number of rotatable bonds is 5. The predicted octanol–water partition coefficient (Wildman–Crippen LogP) is 5.39. The number of halogens is 3. The average molecular weight is 403 g/mol. The maximum absolute atomic E-state index is 12.7. The molecule has 0 amide bonds. The van der Waals surface area contributed by atoms with Gasteiger partial charge in [0.05, 0.1) is 11.4 Å². The smallest absolute Gasteiger partial charge is 0.404 e. The average Bonchev–Trinajstić information content (AvgIpc) is 2.61. The number of alkyl halides is 3. The Hall–Kier alpha value is -3.36. The first-order valence-corrected chi connectivity index (χ1v) is 8.78. The molecule has 9 heteroatoms. The summed E-state index contributed by atoms with van der Waals surface area (Å²) in [6.07, 6.45) is -1.54. The highest BCUT2D eigenvalue weighted by molar-refractivity contribution is 5.69. The summed E-state index contributed by atoms with van der Waals surface area (Å²) >= 11 is 0. The number of para-hydroxylation sites is 2. The molecule has 6 nitrogen and oxygen atoms in total. The van der Waals surface area contributed by atoms with E-state index in [0.717, 1.165) is 5.56 Å². The topological polar surface area (TPSA) is 72.0 Å². The van der Waals surface area contributed by atoms with Gasteiger partial charge in [-0.1, -0.05) is 12.1 Å². The minimum absolute atomic E-state index is 0.130. The van der Waals surface area contributed by atoms with Crippen molar-refractivity contribution in [2.45, 2.75) is 32.7 Å². The highest BCUT2D eigenvalue weighted by atomic mass is 19.4. The van der Waals surface area contributed by atoms with Crippen molar-refractivity contribution in [1.82, 2.24) is 15.0 Å². The standard InChI is InChI=1S/C20H20F3N5O/c1-19(2,3)28-18-26-15(13-8-10-24-11-9-13)12-17(27-18)25-14-6-4-5-7-16(14)29-20(21,22)23/h4-12H,1-3H3,(H2,25,26,27,28). The van der Waals surface area contributed by atoms with Crippen LogP contribution in [0.15, 0.2) is 54.9 Å². The van der Waals surface area contributed by atoms with E-state index in [0.29, 0.717) is 17.5 Å². The van der Waals surface area contributed by atoms with Gasteiger partial charge in [-0.3, -0.25) is 4.98 Å². The Morgan fingerprint density at radius 3 is 2.28 bits per heavy atom. The van der Waals surface area contributed by atoms with Gasteiger partial charge in [-0.15, -0.1) is 13.2 Å². The van der Waals surface area contributed by atoms with Gasteiger partial charge in [-0.05, 0) is 45.0 Å². The van der Waals surface area contributed by atoms with Crippen LogP contribution < -0.4 is 15.4 Å². The normalized spacial score (nSPS) is 11.8. The molecule has 2 aromatic heterocycles. The van der Waals surface area contributed by atoms with Crippen LogP contribution in [0.5, 0.6) is 5.75 Å². The number of benzene rings is 1. The molecule has 0 radical (unpaired) electrons. The molecule has 152 valence electrons. The number of hydrogen-bond donors (Lipinski definition) is 2. The lowest BCUT2D eigenvalue weighted by atomic mass is 10.1. The highest BCUT2D eigenvalue weighted by Gasteiger charge is 2.32. The Labute approximate surface area is 166 Å². The minimum atomic E-state index is -4.80. The van der Waals surface area contributed by atoms with Crippen LogP contribution >= 0.6 is 0 Å². The van der Waals surface area contributed by atoms with Gasteiger partial charge in [0.1, 0.15) is 5.82 Å². The molecule has 2 heterocycles. The highest BCUT2D eigenvalue weighted by Crippen LogP contribution is 2.32. The van der Waals surface area contributed by atoms with Crippen molar-refractivity contribution < 1.29 is 17.9 Å². The third kappa shape index (κ3) is 6.06. The van der Waals surface area contributed by atoms with Gasteiger partial charge in [0, 0.05) is 29.6 Å². The first kappa shape index (κ1) is 20.4. The van der Waals surface area contributed by atoms with Crippen LogP contribution in [0.1, 0.15) is 20.8 Å². The largest absolute Gasteiger partial charge is 0.573 e. The van der Waals surface area contributed by atoms with Gasteiger partial charge < -0.3 is 15.4 Å². The second-order valence-electron chi connectivity index (χ2n) is 7.24. The number of aromatic nitrogens is 3. The molecule has 0 spiro atoms. The lowest BCUT2D eigenvalue weighted by molar-refractivity contribution is -0.274. The van der Waals surface area contributed by atoms with E-state index in [9.17, 15) is 13.2 Å². The van der Waals surface area contributed by atoms with Gasteiger partial charge in [-0.2, -0.15) is 4.98 Å². The summed E-state index contributed by atoms with van der Waals surface area (Å²) in [5, 5.41) is 6.08. The van der Waals surface area contributed by atoms with Gasteiger partial charge in [0.2, 0.25) is 5.95 Å². The molecule has 0 unspecified atom stereocenters. The molecule has 0 aliphatic rings. The Kier molecular flexibility index (Phi) is 5.58. The Morgan fingerprint density at radius 1 is 0.931 bits per heavy atom. The fourth-order valence-electron chi connectivity index (χ4n) is 2.49. The van der Waals surface area contributed by atoms with Crippen molar-refractivity contribution in [2.75, 3.05) is 10.6 Å². The monoisotopic (exact) mass is 403 g/mol. The second-order valence-corrected chi connectivity index (χ2v) is 7.24. The van der Waals surface area contributed by atoms with Crippen LogP contribution in [-0.2, 0) is 0 Å². The van der Waals surface area contributed by atoms with Crippen molar-refractivity contribution in [1.29, 1.82) is 0 Å². The van der Waals surface area contributed by atoms with E-state index in [2.05, 4.69) is 30.3 Å². The summed E-state index contributed by atoms with van der Waals surface area (Å²) in [5.41, 5.74) is 1.20. The zero-order chi connectivity index (χ0) is 21.1. The third-order valence-corrected chi connectivity index (χ3v) is 3.56. The molecule has 0 aliphatic heterocycles.